The maximum absolute atomic E-state index is 13.6. The minimum absolute atomic E-state index is 0.0335. The van der Waals surface area contributed by atoms with Crippen LogP contribution in [-0.2, 0) is 32.0 Å². The Bertz CT molecular complexity index is 1260. The van der Waals surface area contributed by atoms with Crippen molar-refractivity contribution in [2.45, 2.75) is 62.7 Å². The Morgan fingerprint density at radius 3 is 1.89 bits per heavy atom. The van der Waals surface area contributed by atoms with Gasteiger partial charge in [0.05, 0.1) is 12.4 Å². The van der Waals surface area contributed by atoms with Crippen molar-refractivity contribution in [3.63, 3.8) is 0 Å². The smallest absolute Gasteiger partial charge is 0.326 e. The number of benzene rings is 1. The van der Waals surface area contributed by atoms with Crippen LogP contribution in [0.4, 0.5) is 0 Å². The lowest BCUT2D eigenvalue weighted by Crippen LogP contribution is -2.58. The van der Waals surface area contributed by atoms with Gasteiger partial charge >= 0.3 is 5.97 Å². The highest BCUT2D eigenvalue weighted by Gasteiger charge is 2.31. The predicted octanol–water partition coefficient (Wildman–Crippen LogP) is -2.83. The van der Waals surface area contributed by atoms with Gasteiger partial charge in [-0.05, 0) is 31.2 Å². The van der Waals surface area contributed by atoms with Gasteiger partial charge < -0.3 is 54.7 Å². The number of hydrogen-bond donors (Lipinski definition) is 10. The van der Waals surface area contributed by atoms with Gasteiger partial charge in [0, 0.05) is 37.8 Å². The monoisotopic (exact) mass is 614 g/mol. The number of guanidine groups is 2. The second-order valence-corrected chi connectivity index (χ2v) is 10.00. The standard InChI is InChI=1S/C27H42N12O5/c28-18(8-4-10-34-26(29)30)22(40)38-20(12-16-6-2-1-3-7-16)23(41)39-21(13-17-14-33-15-36-17)24(42)37-19(25(43)44)9-5-11-35-27(31)32/h1-3,6-7,14-15,18-21H,4-5,8-13,28H2,(H,33,36)(H,37,42)(H,38,40)(H,39,41)(H,43,44)(H4,29,30,34)(H4,31,32,35). The molecule has 3 amide bonds. The Kier molecular flexibility index (Phi) is 14.6. The van der Waals surface area contributed by atoms with E-state index in [4.69, 9.17) is 28.7 Å². The second kappa shape index (κ2) is 18.4. The highest BCUT2D eigenvalue weighted by atomic mass is 16.4. The first-order valence-electron chi connectivity index (χ1n) is 14.0. The summed E-state index contributed by atoms with van der Waals surface area (Å²) in [6.45, 7) is 0.459. The number of carboxylic acid groups (broad SMARTS) is 1. The number of nitrogens with one attached hydrogen (secondary N) is 4. The lowest BCUT2D eigenvalue weighted by atomic mass is 10.0. The van der Waals surface area contributed by atoms with Gasteiger partial charge in [-0.2, -0.15) is 0 Å². The number of amides is 3. The van der Waals surface area contributed by atoms with Gasteiger partial charge in [-0.3, -0.25) is 24.4 Å². The lowest BCUT2D eigenvalue weighted by molar-refractivity contribution is -0.142. The van der Waals surface area contributed by atoms with E-state index < -0.39 is 47.9 Å². The van der Waals surface area contributed by atoms with Gasteiger partial charge in [-0.25, -0.2) is 9.78 Å². The molecule has 0 aliphatic heterocycles. The number of nitrogens with two attached hydrogens (primary N) is 5. The summed E-state index contributed by atoms with van der Waals surface area (Å²) in [5.41, 5.74) is 28.6. The number of aromatic nitrogens is 2. The third kappa shape index (κ3) is 13.2. The number of carbonyl (C=O) groups excluding carboxylic acids is 3. The number of aliphatic carboxylic acids is 1. The minimum Gasteiger partial charge on any atom is -0.480 e. The van der Waals surface area contributed by atoms with Crippen molar-refractivity contribution in [2.24, 2.45) is 38.7 Å². The molecule has 4 atom stereocenters. The van der Waals surface area contributed by atoms with Crippen LogP contribution in [-0.4, -0.2) is 87.9 Å². The van der Waals surface area contributed by atoms with Crippen molar-refractivity contribution in [3.05, 3.63) is 54.1 Å². The van der Waals surface area contributed by atoms with Crippen LogP contribution in [0.1, 0.15) is 36.9 Å². The summed E-state index contributed by atoms with van der Waals surface area (Å²) in [5, 5.41) is 17.5. The third-order valence-electron chi connectivity index (χ3n) is 6.39. The summed E-state index contributed by atoms with van der Waals surface area (Å²) in [5.74, 6) is -3.47. The number of rotatable bonds is 19. The van der Waals surface area contributed by atoms with Crippen LogP contribution in [0.3, 0.4) is 0 Å². The Morgan fingerprint density at radius 2 is 1.34 bits per heavy atom. The molecule has 0 radical (unpaired) electrons. The van der Waals surface area contributed by atoms with Crippen molar-refractivity contribution < 1.29 is 24.3 Å². The highest BCUT2D eigenvalue weighted by molar-refractivity contribution is 5.94. The van der Waals surface area contributed by atoms with Crippen molar-refractivity contribution in [1.82, 2.24) is 25.9 Å². The molecule has 0 saturated carbocycles. The predicted molar refractivity (Wildman–Crippen MR) is 164 cm³/mol. The van der Waals surface area contributed by atoms with E-state index >= 15 is 0 Å². The molecular weight excluding hydrogens is 572 g/mol. The minimum atomic E-state index is -1.27. The van der Waals surface area contributed by atoms with E-state index in [9.17, 15) is 24.3 Å². The van der Waals surface area contributed by atoms with Gasteiger partial charge in [-0.1, -0.05) is 30.3 Å². The molecule has 0 aliphatic rings. The largest absolute Gasteiger partial charge is 0.480 e. The van der Waals surface area contributed by atoms with E-state index in [1.54, 1.807) is 24.3 Å². The Labute approximate surface area is 254 Å². The summed E-state index contributed by atoms with van der Waals surface area (Å²) in [4.78, 5) is 66.2. The molecule has 2 aromatic rings. The average Bonchev–Trinajstić information content (AvgIpc) is 3.49. The van der Waals surface area contributed by atoms with Crippen LogP contribution in [0, 0.1) is 0 Å². The maximum Gasteiger partial charge on any atom is 0.326 e. The molecule has 2 rings (SSSR count). The third-order valence-corrected chi connectivity index (χ3v) is 6.39. The van der Waals surface area contributed by atoms with E-state index in [-0.39, 0.29) is 57.1 Å². The van der Waals surface area contributed by atoms with Gasteiger partial charge in [0.15, 0.2) is 11.9 Å². The molecular formula is C27H42N12O5. The molecule has 17 heteroatoms. The first-order chi connectivity index (χ1) is 21.0. The summed E-state index contributed by atoms with van der Waals surface area (Å²) in [6.07, 6.45) is 3.95. The summed E-state index contributed by atoms with van der Waals surface area (Å²) in [7, 11) is 0. The maximum atomic E-state index is 13.6. The van der Waals surface area contributed by atoms with E-state index in [1.807, 2.05) is 6.07 Å². The van der Waals surface area contributed by atoms with Crippen molar-refractivity contribution in [2.75, 3.05) is 13.1 Å². The molecule has 1 heterocycles. The molecule has 0 spiro atoms. The zero-order valence-electron chi connectivity index (χ0n) is 24.3. The molecule has 0 saturated heterocycles. The van der Waals surface area contributed by atoms with E-state index in [0.717, 1.165) is 5.56 Å². The van der Waals surface area contributed by atoms with Crippen molar-refractivity contribution >= 4 is 35.6 Å². The van der Waals surface area contributed by atoms with Crippen LogP contribution >= 0.6 is 0 Å². The number of nitrogens with zero attached hydrogens (tertiary/aromatic N) is 3. The van der Waals surface area contributed by atoms with Crippen LogP contribution < -0.4 is 44.6 Å². The second-order valence-electron chi connectivity index (χ2n) is 10.00. The average molecular weight is 615 g/mol. The normalized spacial score (nSPS) is 13.4. The molecule has 44 heavy (non-hydrogen) atoms. The van der Waals surface area contributed by atoms with Crippen LogP contribution in [0.5, 0.6) is 0 Å². The van der Waals surface area contributed by atoms with Crippen molar-refractivity contribution in [3.8, 4) is 0 Å². The van der Waals surface area contributed by atoms with Gasteiger partial charge in [0.1, 0.15) is 18.1 Å². The Balaban J connectivity index is 2.20. The zero-order chi connectivity index (χ0) is 32.5. The quantitative estimate of drug-likeness (QED) is 0.0436. The van der Waals surface area contributed by atoms with Crippen LogP contribution in [0.15, 0.2) is 52.8 Å². The molecule has 1 aromatic carbocycles. The van der Waals surface area contributed by atoms with Crippen LogP contribution in [0.2, 0.25) is 0 Å². The lowest BCUT2D eigenvalue weighted by Gasteiger charge is -2.25. The Morgan fingerprint density at radius 1 is 0.795 bits per heavy atom. The summed E-state index contributed by atoms with van der Waals surface area (Å²) < 4.78 is 0. The number of hydrogen-bond acceptors (Lipinski definition) is 8. The summed E-state index contributed by atoms with van der Waals surface area (Å²) in [6, 6.07) is 4.41. The van der Waals surface area contributed by atoms with E-state index in [2.05, 4.69) is 35.9 Å². The molecule has 4 unspecified atom stereocenters. The first-order valence-corrected chi connectivity index (χ1v) is 14.0. The SMILES string of the molecule is NC(N)=NCCCC(N)C(=O)NC(Cc1ccccc1)C(=O)NC(Cc1cnc[nH]1)C(=O)NC(CCCN=C(N)N)C(=O)O. The first kappa shape index (κ1) is 35.0. The molecule has 15 N–H and O–H groups in total. The van der Waals surface area contributed by atoms with Gasteiger partial charge in [-0.15, -0.1) is 0 Å². The van der Waals surface area contributed by atoms with Gasteiger partial charge in [0.25, 0.3) is 0 Å². The molecule has 240 valence electrons. The molecule has 1 aromatic heterocycles. The topological polar surface area (TPSA) is 308 Å². The Hall–Kier alpha value is -5.19. The number of carbonyl (C=O) groups is 4. The fourth-order valence-electron chi connectivity index (χ4n) is 4.12. The molecule has 0 bridgehead atoms. The van der Waals surface area contributed by atoms with Crippen LogP contribution in [0.25, 0.3) is 0 Å². The number of carboxylic acids is 1. The van der Waals surface area contributed by atoms with E-state index in [0.29, 0.717) is 12.1 Å². The molecule has 17 nitrogen and oxygen atoms in total. The molecule has 0 aliphatic carbocycles. The van der Waals surface area contributed by atoms with Gasteiger partial charge in [0.2, 0.25) is 17.7 Å². The number of H-pyrrole nitrogens is 1. The summed E-state index contributed by atoms with van der Waals surface area (Å²) >= 11 is 0. The zero-order valence-corrected chi connectivity index (χ0v) is 24.3. The fourth-order valence-corrected chi connectivity index (χ4v) is 4.12. The highest BCUT2D eigenvalue weighted by Crippen LogP contribution is 2.08. The fraction of sp³-hybridized carbons (Fsp3) is 0.444. The number of aliphatic imine (C=N–C) groups is 2. The van der Waals surface area contributed by atoms with Crippen molar-refractivity contribution in [1.29, 1.82) is 0 Å². The number of aromatic amines is 1. The van der Waals surface area contributed by atoms with E-state index in [1.165, 1.54) is 12.5 Å². The number of imidazole rings is 1. The molecule has 0 fully saturated rings.